The molecule has 0 saturated carbocycles. The summed E-state index contributed by atoms with van der Waals surface area (Å²) in [6.07, 6.45) is 5.58. The molecule has 0 aliphatic rings. The average Bonchev–Trinajstić information content (AvgIpc) is 2.65. The molecule has 1 aromatic heterocycles. The van der Waals surface area contributed by atoms with E-state index >= 15 is 0 Å². The minimum atomic E-state index is 0.274. The Hall–Kier alpha value is -1.29. The van der Waals surface area contributed by atoms with Gasteiger partial charge in [-0.3, -0.25) is 0 Å². The fraction of sp³-hybridized carbons (Fsp3) is 0.583. The van der Waals surface area contributed by atoms with Crippen molar-refractivity contribution in [2.75, 3.05) is 19.0 Å². The quantitative estimate of drug-likeness (QED) is 0.720. The van der Waals surface area contributed by atoms with Crippen LogP contribution in [-0.4, -0.2) is 29.3 Å². The minimum Gasteiger partial charge on any atom is -0.383 e. The molecule has 0 aromatic carbocycles. The Kier molecular flexibility index (Phi) is 5.05. The van der Waals surface area contributed by atoms with Crippen LogP contribution < -0.4 is 5.32 Å². The molecule has 0 spiro atoms. The van der Waals surface area contributed by atoms with Crippen LogP contribution in [0.2, 0.25) is 0 Å². The highest BCUT2D eigenvalue weighted by Crippen LogP contribution is 2.11. The molecule has 0 radical (unpaired) electrons. The molecule has 0 fully saturated rings. The lowest BCUT2D eigenvalue weighted by molar-refractivity contribution is 0.170. The fourth-order valence-corrected chi connectivity index (χ4v) is 1.48. The van der Waals surface area contributed by atoms with Gasteiger partial charge < -0.3 is 14.6 Å². The molecule has 0 aliphatic carbocycles. The highest BCUT2D eigenvalue weighted by Gasteiger charge is 2.14. The Labute approximate surface area is 97.3 Å². The molecule has 16 heavy (non-hydrogen) atoms. The largest absolute Gasteiger partial charge is 0.383 e. The van der Waals surface area contributed by atoms with E-state index in [4.69, 9.17) is 4.74 Å². The number of nitrogens with one attached hydrogen (secondary N) is 1. The van der Waals surface area contributed by atoms with Crippen molar-refractivity contribution in [3.8, 4) is 0 Å². The number of methoxy groups -OCH3 is 1. The Balaban J connectivity index is 2.68. The third kappa shape index (κ3) is 3.38. The van der Waals surface area contributed by atoms with E-state index in [1.165, 1.54) is 0 Å². The number of imidazole rings is 1. The fourth-order valence-electron chi connectivity index (χ4n) is 1.48. The van der Waals surface area contributed by atoms with E-state index in [9.17, 15) is 0 Å². The van der Waals surface area contributed by atoms with Crippen LogP contribution in [0.5, 0.6) is 0 Å². The van der Waals surface area contributed by atoms with Gasteiger partial charge in [0.05, 0.1) is 12.6 Å². The normalized spacial score (nSPS) is 12.8. The zero-order valence-corrected chi connectivity index (χ0v) is 10.3. The molecule has 1 heterocycles. The third-order valence-electron chi connectivity index (χ3n) is 2.51. The first-order valence-corrected chi connectivity index (χ1v) is 5.56. The number of ether oxygens (including phenoxy) is 1. The smallest absolute Gasteiger partial charge is 0.203 e. The van der Waals surface area contributed by atoms with Gasteiger partial charge in [-0.15, -0.1) is 6.58 Å². The highest BCUT2D eigenvalue weighted by atomic mass is 16.5. The van der Waals surface area contributed by atoms with Gasteiger partial charge in [0, 0.05) is 26.0 Å². The molecule has 0 aliphatic heterocycles. The van der Waals surface area contributed by atoms with E-state index in [0.717, 1.165) is 12.5 Å². The lowest BCUT2D eigenvalue weighted by Gasteiger charge is -2.22. The van der Waals surface area contributed by atoms with E-state index in [-0.39, 0.29) is 6.04 Å². The van der Waals surface area contributed by atoms with Gasteiger partial charge in [-0.2, -0.15) is 0 Å². The molecule has 0 saturated heterocycles. The average molecular weight is 223 g/mol. The molecule has 1 N–H and O–H groups in total. The van der Waals surface area contributed by atoms with Crippen molar-refractivity contribution in [2.24, 2.45) is 5.92 Å². The molecule has 1 rings (SSSR count). The van der Waals surface area contributed by atoms with E-state index in [2.05, 4.69) is 30.7 Å². The van der Waals surface area contributed by atoms with Crippen LogP contribution in [0.3, 0.4) is 0 Å². The lowest BCUT2D eigenvalue weighted by Crippen LogP contribution is -2.31. The molecule has 4 nitrogen and oxygen atoms in total. The number of hydrogen-bond donors (Lipinski definition) is 1. The summed E-state index contributed by atoms with van der Waals surface area (Å²) in [4.78, 5) is 4.29. The van der Waals surface area contributed by atoms with Gasteiger partial charge in [-0.05, 0) is 5.92 Å². The molecule has 1 aromatic rings. The van der Waals surface area contributed by atoms with Crippen molar-refractivity contribution in [2.45, 2.75) is 26.4 Å². The van der Waals surface area contributed by atoms with Gasteiger partial charge in [-0.1, -0.05) is 19.9 Å². The SMILES string of the molecule is C=CCn1ccnc1NC(COC)C(C)C. The Bertz CT molecular complexity index is 320. The standard InChI is InChI=1S/C12H21N3O/c1-5-7-15-8-6-13-12(15)14-11(9-16-4)10(2)3/h5-6,8,10-11H,1,7,9H2,2-4H3,(H,13,14). The first-order valence-electron chi connectivity index (χ1n) is 5.56. The highest BCUT2D eigenvalue weighted by molar-refractivity contribution is 5.28. The molecule has 0 bridgehead atoms. The van der Waals surface area contributed by atoms with Crippen LogP contribution in [0.1, 0.15) is 13.8 Å². The summed E-state index contributed by atoms with van der Waals surface area (Å²) in [7, 11) is 1.72. The third-order valence-corrected chi connectivity index (χ3v) is 2.51. The molecular formula is C12H21N3O. The van der Waals surface area contributed by atoms with E-state index in [0.29, 0.717) is 12.5 Å². The predicted octanol–water partition coefficient (Wildman–Crippen LogP) is 2.15. The maximum atomic E-state index is 5.19. The number of allylic oxidation sites excluding steroid dienone is 1. The van der Waals surface area contributed by atoms with Crippen LogP contribution in [0.15, 0.2) is 25.0 Å². The van der Waals surface area contributed by atoms with E-state index in [1.54, 1.807) is 13.3 Å². The summed E-state index contributed by atoms with van der Waals surface area (Å²) in [6, 6.07) is 0.274. The summed E-state index contributed by atoms with van der Waals surface area (Å²) < 4.78 is 7.22. The first-order chi connectivity index (χ1) is 7.69. The summed E-state index contributed by atoms with van der Waals surface area (Å²) in [5.41, 5.74) is 0. The summed E-state index contributed by atoms with van der Waals surface area (Å²) >= 11 is 0. The van der Waals surface area contributed by atoms with Crippen molar-refractivity contribution in [3.63, 3.8) is 0 Å². The topological polar surface area (TPSA) is 39.1 Å². The second-order valence-electron chi connectivity index (χ2n) is 4.14. The van der Waals surface area contributed by atoms with Crippen LogP contribution in [0, 0.1) is 5.92 Å². The van der Waals surface area contributed by atoms with E-state index in [1.807, 2.05) is 16.8 Å². The molecule has 1 atom stereocenters. The van der Waals surface area contributed by atoms with Gasteiger partial charge in [-0.25, -0.2) is 4.98 Å². The molecule has 90 valence electrons. The van der Waals surface area contributed by atoms with Crippen molar-refractivity contribution in [3.05, 3.63) is 25.0 Å². The van der Waals surface area contributed by atoms with Crippen molar-refractivity contribution >= 4 is 5.95 Å². The van der Waals surface area contributed by atoms with Crippen LogP contribution in [0.25, 0.3) is 0 Å². The number of nitrogens with zero attached hydrogens (tertiary/aromatic N) is 2. The van der Waals surface area contributed by atoms with Crippen molar-refractivity contribution < 1.29 is 4.74 Å². The zero-order valence-electron chi connectivity index (χ0n) is 10.3. The molecule has 0 amide bonds. The predicted molar refractivity (Wildman–Crippen MR) is 66.5 cm³/mol. The van der Waals surface area contributed by atoms with Gasteiger partial charge in [0.25, 0.3) is 0 Å². The first kappa shape index (κ1) is 12.8. The molecule has 1 unspecified atom stereocenters. The van der Waals surface area contributed by atoms with Crippen molar-refractivity contribution in [1.29, 1.82) is 0 Å². The van der Waals surface area contributed by atoms with Crippen LogP contribution in [-0.2, 0) is 11.3 Å². The number of aromatic nitrogens is 2. The maximum Gasteiger partial charge on any atom is 0.203 e. The monoisotopic (exact) mass is 223 g/mol. The van der Waals surface area contributed by atoms with Crippen LogP contribution in [0.4, 0.5) is 5.95 Å². The Morgan fingerprint density at radius 1 is 1.62 bits per heavy atom. The zero-order chi connectivity index (χ0) is 12.0. The Morgan fingerprint density at radius 3 is 2.94 bits per heavy atom. The van der Waals surface area contributed by atoms with Crippen LogP contribution >= 0.6 is 0 Å². The minimum absolute atomic E-state index is 0.274. The number of rotatable bonds is 7. The van der Waals surface area contributed by atoms with E-state index < -0.39 is 0 Å². The molecular weight excluding hydrogens is 202 g/mol. The summed E-state index contributed by atoms with van der Waals surface area (Å²) in [6.45, 7) is 9.50. The number of hydrogen-bond acceptors (Lipinski definition) is 3. The lowest BCUT2D eigenvalue weighted by atomic mass is 10.1. The maximum absolute atomic E-state index is 5.19. The second kappa shape index (κ2) is 6.33. The van der Waals surface area contributed by atoms with Gasteiger partial charge in [0.2, 0.25) is 5.95 Å². The van der Waals surface area contributed by atoms with Crippen molar-refractivity contribution in [1.82, 2.24) is 9.55 Å². The molecule has 4 heteroatoms. The van der Waals surface area contributed by atoms with Gasteiger partial charge in [0.15, 0.2) is 0 Å². The van der Waals surface area contributed by atoms with Gasteiger partial charge >= 0.3 is 0 Å². The summed E-state index contributed by atoms with van der Waals surface area (Å²) in [5, 5.41) is 3.39. The number of anilines is 1. The summed E-state index contributed by atoms with van der Waals surface area (Å²) in [5.74, 6) is 1.37. The second-order valence-corrected chi connectivity index (χ2v) is 4.14. The van der Waals surface area contributed by atoms with Gasteiger partial charge in [0.1, 0.15) is 0 Å². The Morgan fingerprint density at radius 2 is 2.38 bits per heavy atom.